The molecule has 1 aliphatic carbocycles. The molecular weight excluding hydrogens is 424 g/mol. The molecule has 2 bridgehead atoms. The number of piperazine rings is 1. The largest absolute Gasteiger partial charge is 0.347 e. The first-order chi connectivity index (χ1) is 15.9. The van der Waals surface area contributed by atoms with Gasteiger partial charge in [0.25, 0.3) is 0 Å². The number of anilines is 1. The van der Waals surface area contributed by atoms with Gasteiger partial charge in [0.2, 0.25) is 5.91 Å². The molecule has 3 aliphatic rings. The number of nitriles is 1. The summed E-state index contributed by atoms with van der Waals surface area (Å²) >= 11 is 0. The maximum atomic E-state index is 13.6. The Morgan fingerprint density at radius 3 is 2.70 bits per heavy atom. The fourth-order valence-corrected chi connectivity index (χ4v) is 5.45. The van der Waals surface area contributed by atoms with Crippen molar-refractivity contribution in [2.24, 2.45) is 5.92 Å². The summed E-state index contributed by atoms with van der Waals surface area (Å²) in [4.78, 5) is 21.8. The third kappa shape index (κ3) is 4.06. The third-order valence-electron chi connectivity index (χ3n) is 7.41. The summed E-state index contributed by atoms with van der Waals surface area (Å²) in [7, 11) is 0. The Morgan fingerprint density at radius 1 is 1.24 bits per heavy atom. The van der Waals surface area contributed by atoms with Crippen LogP contribution in [0.15, 0.2) is 36.5 Å². The van der Waals surface area contributed by atoms with E-state index in [1.807, 2.05) is 11.0 Å². The quantitative estimate of drug-likeness (QED) is 0.730. The van der Waals surface area contributed by atoms with E-state index in [2.05, 4.69) is 28.2 Å². The summed E-state index contributed by atoms with van der Waals surface area (Å²) in [5, 5.41) is 12.4. The van der Waals surface area contributed by atoms with Crippen LogP contribution in [0.1, 0.15) is 43.7 Å². The van der Waals surface area contributed by atoms with E-state index in [9.17, 15) is 13.6 Å². The minimum atomic E-state index is -0.844. The monoisotopic (exact) mass is 451 g/mol. The summed E-state index contributed by atoms with van der Waals surface area (Å²) in [6.07, 6.45) is 4.68. The molecule has 1 amide bonds. The van der Waals surface area contributed by atoms with Gasteiger partial charge in [0.1, 0.15) is 11.9 Å². The first-order valence-electron chi connectivity index (χ1n) is 11.5. The zero-order valence-electron chi connectivity index (χ0n) is 18.6. The molecule has 2 saturated heterocycles. The molecule has 0 spiro atoms. The summed E-state index contributed by atoms with van der Waals surface area (Å²) in [5.74, 6) is -0.254. The molecule has 1 aromatic heterocycles. The van der Waals surface area contributed by atoms with Gasteiger partial charge in [-0.3, -0.25) is 4.79 Å². The van der Waals surface area contributed by atoms with Crippen LogP contribution < -0.4 is 10.2 Å². The van der Waals surface area contributed by atoms with Crippen LogP contribution >= 0.6 is 0 Å². The van der Waals surface area contributed by atoms with E-state index in [1.54, 1.807) is 18.3 Å². The number of carbonyl (C=O) groups is 1. The Balaban J connectivity index is 1.19. The first-order valence-corrected chi connectivity index (χ1v) is 11.5. The zero-order chi connectivity index (χ0) is 23.2. The van der Waals surface area contributed by atoms with Crippen molar-refractivity contribution >= 4 is 11.7 Å². The van der Waals surface area contributed by atoms with E-state index in [0.29, 0.717) is 37.5 Å². The number of carbonyl (C=O) groups excluding carboxylic acids is 1. The number of benzene rings is 1. The number of likely N-dealkylation sites (tertiary alicyclic amines) is 1. The van der Waals surface area contributed by atoms with Crippen molar-refractivity contribution in [3.63, 3.8) is 0 Å². The lowest BCUT2D eigenvalue weighted by Crippen LogP contribution is -2.56. The normalized spacial score (nSPS) is 25.1. The predicted octanol–water partition coefficient (Wildman–Crippen LogP) is 3.33. The highest BCUT2D eigenvalue weighted by Gasteiger charge is 2.47. The molecule has 0 radical (unpaired) electrons. The van der Waals surface area contributed by atoms with Crippen LogP contribution in [-0.4, -0.2) is 47.5 Å². The Labute approximate surface area is 192 Å². The standard InChI is InChI=1S/C25H27F2N5O/c1-16-10-19-14-31(15-22(16)32(19)23-5-2-17(12-28)13-29-23)24(33)6-9-30-25(7-8-25)18-3-4-20(26)21(27)11-18/h2-5,11,13,16,19,22,30H,6-10,14-15H2,1H3/t16-,19?,22?/m0/s1. The highest BCUT2D eigenvalue weighted by Crippen LogP contribution is 2.45. The number of nitrogens with zero attached hydrogens (tertiary/aromatic N) is 4. The lowest BCUT2D eigenvalue weighted by molar-refractivity contribution is -0.132. The average molecular weight is 452 g/mol. The molecule has 1 aromatic carbocycles. The summed E-state index contributed by atoms with van der Waals surface area (Å²) < 4.78 is 26.9. The van der Waals surface area contributed by atoms with Gasteiger partial charge in [-0.25, -0.2) is 13.8 Å². The van der Waals surface area contributed by atoms with Crippen LogP contribution in [-0.2, 0) is 10.3 Å². The Bertz CT molecular complexity index is 1090. The van der Waals surface area contributed by atoms with Gasteiger partial charge in [-0.05, 0) is 55.0 Å². The van der Waals surface area contributed by atoms with Crippen LogP contribution in [0.2, 0.25) is 0 Å². The number of halogens is 2. The number of hydrogen-bond donors (Lipinski definition) is 1. The second-order valence-electron chi connectivity index (χ2n) is 9.54. The molecule has 33 heavy (non-hydrogen) atoms. The Morgan fingerprint density at radius 2 is 2.06 bits per heavy atom. The number of hydrogen-bond acceptors (Lipinski definition) is 5. The molecule has 5 rings (SSSR count). The first kappa shape index (κ1) is 21.8. The Kier molecular flexibility index (Phi) is 5.53. The molecule has 2 aromatic rings. The minimum absolute atomic E-state index is 0.111. The van der Waals surface area contributed by atoms with Crippen molar-refractivity contribution in [3.05, 3.63) is 59.3 Å². The van der Waals surface area contributed by atoms with Crippen LogP contribution in [0, 0.1) is 28.9 Å². The van der Waals surface area contributed by atoms with Gasteiger partial charge in [-0.1, -0.05) is 13.0 Å². The van der Waals surface area contributed by atoms with Crippen molar-refractivity contribution in [2.45, 2.75) is 50.2 Å². The molecule has 1 N–H and O–H groups in total. The van der Waals surface area contributed by atoms with Crippen molar-refractivity contribution in [1.82, 2.24) is 15.2 Å². The molecule has 8 heteroatoms. The number of fused-ring (bicyclic) bond motifs is 2. The van der Waals surface area contributed by atoms with Crippen molar-refractivity contribution in [1.29, 1.82) is 5.26 Å². The smallest absolute Gasteiger partial charge is 0.223 e. The third-order valence-corrected chi connectivity index (χ3v) is 7.41. The van der Waals surface area contributed by atoms with E-state index in [1.165, 1.54) is 6.07 Å². The summed E-state index contributed by atoms with van der Waals surface area (Å²) in [5.41, 5.74) is 0.934. The zero-order valence-corrected chi connectivity index (χ0v) is 18.6. The molecule has 172 valence electrons. The molecular formula is C25H27F2N5O. The number of pyridine rings is 1. The van der Waals surface area contributed by atoms with Gasteiger partial charge in [-0.15, -0.1) is 0 Å². The summed E-state index contributed by atoms with van der Waals surface area (Å²) in [6.45, 7) is 4.04. The Hall–Kier alpha value is -3.05. The van der Waals surface area contributed by atoms with E-state index in [4.69, 9.17) is 5.26 Å². The minimum Gasteiger partial charge on any atom is -0.347 e. The van der Waals surface area contributed by atoms with E-state index in [0.717, 1.165) is 36.7 Å². The second-order valence-corrected chi connectivity index (χ2v) is 9.54. The predicted molar refractivity (Wildman–Crippen MR) is 119 cm³/mol. The van der Waals surface area contributed by atoms with Crippen LogP contribution in [0.3, 0.4) is 0 Å². The van der Waals surface area contributed by atoms with Gasteiger partial charge in [0.05, 0.1) is 11.6 Å². The molecule has 3 fully saturated rings. The van der Waals surface area contributed by atoms with Gasteiger partial charge in [0, 0.05) is 43.8 Å². The van der Waals surface area contributed by atoms with Gasteiger partial charge < -0.3 is 15.1 Å². The number of rotatable bonds is 6. The molecule has 3 heterocycles. The SMILES string of the molecule is C[C@H]1CC2CN(C(=O)CCNC3(c4ccc(F)c(F)c4)CC3)CC1N2c1ccc(C#N)cn1. The van der Waals surface area contributed by atoms with Gasteiger partial charge in [0.15, 0.2) is 11.6 Å². The maximum Gasteiger partial charge on any atom is 0.223 e. The topological polar surface area (TPSA) is 72.3 Å². The van der Waals surface area contributed by atoms with Crippen LogP contribution in [0.5, 0.6) is 0 Å². The van der Waals surface area contributed by atoms with E-state index in [-0.39, 0.29) is 23.5 Å². The highest BCUT2D eigenvalue weighted by atomic mass is 19.2. The van der Waals surface area contributed by atoms with Gasteiger partial charge in [-0.2, -0.15) is 5.26 Å². The maximum absolute atomic E-state index is 13.6. The molecule has 2 unspecified atom stereocenters. The molecule has 2 aliphatic heterocycles. The molecule has 6 nitrogen and oxygen atoms in total. The fraction of sp³-hybridized carbons (Fsp3) is 0.480. The van der Waals surface area contributed by atoms with Crippen molar-refractivity contribution < 1.29 is 13.6 Å². The van der Waals surface area contributed by atoms with Crippen molar-refractivity contribution in [3.8, 4) is 6.07 Å². The number of amides is 1. The van der Waals surface area contributed by atoms with E-state index >= 15 is 0 Å². The lowest BCUT2D eigenvalue weighted by Gasteiger charge is -2.42. The summed E-state index contributed by atoms with van der Waals surface area (Å²) in [6, 6.07) is 10.2. The van der Waals surface area contributed by atoms with Crippen LogP contribution in [0.4, 0.5) is 14.6 Å². The molecule has 1 saturated carbocycles. The van der Waals surface area contributed by atoms with Crippen molar-refractivity contribution in [2.75, 3.05) is 24.5 Å². The highest BCUT2D eigenvalue weighted by molar-refractivity contribution is 5.77. The fourth-order valence-electron chi connectivity index (χ4n) is 5.45. The number of nitrogens with one attached hydrogen (secondary N) is 1. The number of aromatic nitrogens is 1. The average Bonchev–Trinajstić information content (AvgIpc) is 3.57. The second kappa shape index (κ2) is 8.38. The van der Waals surface area contributed by atoms with Crippen LogP contribution in [0.25, 0.3) is 0 Å². The molecule has 3 atom stereocenters. The van der Waals surface area contributed by atoms with E-state index < -0.39 is 11.6 Å². The van der Waals surface area contributed by atoms with Gasteiger partial charge >= 0.3 is 0 Å². The lowest BCUT2D eigenvalue weighted by atomic mass is 10.0.